The molecule has 6 nitrogen and oxygen atoms in total. The lowest BCUT2D eigenvalue weighted by Crippen LogP contribution is -2.29. The number of ketones is 1. The minimum Gasteiger partial charge on any atom is -0.508 e. The smallest absolute Gasteiger partial charge is 0.508 e. The predicted octanol–water partition coefficient (Wildman–Crippen LogP) is 5.23. The Morgan fingerprint density at radius 3 is 2.06 bits per heavy atom. The van der Waals surface area contributed by atoms with Crippen LogP contribution in [0.3, 0.4) is 0 Å². The fraction of sp³-hybridized carbons (Fsp3) is 0.120. The Bertz CT molecular complexity index is 1260. The van der Waals surface area contributed by atoms with Gasteiger partial charge in [0.2, 0.25) is 0 Å². The van der Waals surface area contributed by atoms with Crippen molar-refractivity contribution in [2.45, 2.75) is 19.3 Å². The summed E-state index contributed by atoms with van der Waals surface area (Å²) in [6, 6.07) is 15.8. The van der Waals surface area contributed by atoms with Crippen molar-refractivity contribution in [2.24, 2.45) is 0 Å². The molecule has 0 saturated carbocycles. The average molecular weight is 469 g/mol. The van der Waals surface area contributed by atoms with E-state index in [9.17, 15) is 33.0 Å². The highest BCUT2D eigenvalue weighted by Gasteiger charge is 2.47. The van der Waals surface area contributed by atoms with Crippen molar-refractivity contribution < 1.29 is 37.7 Å². The molecular formula is C25H18F3NO5. The highest BCUT2D eigenvalue weighted by Crippen LogP contribution is 2.43. The number of carbonyl (C=O) groups is 2. The van der Waals surface area contributed by atoms with E-state index in [0.29, 0.717) is 11.1 Å². The Balaban J connectivity index is 1.84. The number of phenolic OH excluding ortho intramolecular Hbond substituents is 1. The van der Waals surface area contributed by atoms with Gasteiger partial charge in [-0.05, 0) is 48.9 Å². The van der Waals surface area contributed by atoms with Gasteiger partial charge in [-0.25, -0.2) is 0 Å². The number of aryl methyl sites for hydroxylation is 1. The number of anilines is 1. The van der Waals surface area contributed by atoms with Gasteiger partial charge >= 0.3 is 6.36 Å². The van der Waals surface area contributed by atoms with Crippen LogP contribution in [0.4, 0.5) is 18.9 Å². The van der Waals surface area contributed by atoms with E-state index in [1.54, 1.807) is 24.3 Å². The molecule has 0 radical (unpaired) electrons. The molecule has 3 aromatic rings. The maximum absolute atomic E-state index is 13.0. The third-order valence-corrected chi connectivity index (χ3v) is 5.33. The molecule has 0 aromatic heterocycles. The summed E-state index contributed by atoms with van der Waals surface area (Å²) < 4.78 is 41.4. The van der Waals surface area contributed by atoms with Crippen molar-refractivity contribution in [1.29, 1.82) is 0 Å². The summed E-state index contributed by atoms with van der Waals surface area (Å²) in [7, 11) is 0. The number of amides is 1. The number of aliphatic hydroxyl groups excluding tert-OH is 1. The van der Waals surface area contributed by atoms with E-state index in [1.807, 2.05) is 6.92 Å². The zero-order valence-corrected chi connectivity index (χ0v) is 17.7. The monoisotopic (exact) mass is 469 g/mol. The molecule has 1 fully saturated rings. The van der Waals surface area contributed by atoms with Crippen molar-refractivity contribution in [1.82, 2.24) is 0 Å². The number of benzene rings is 3. The first-order valence-electron chi connectivity index (χ1n) is 10.1. The number of alkyl halides is 3. The highest BCUT2D eigenvalue weighted by atomic mass is 19.4. The molecule has 1 unspecified atom stereocenters. The number of halogens is 3. The second-order valence-electron chi connectivity index (χ2n) is 7.67. The summed E-state index contributed by atoms with van der Waals surface area (Å²) in [4.78, 5) is 27.2. The maximum atomic E-state index is 13.0. The summed E-state index contributed by atoms with van der Waals surface area (Å²) in [5, 5.41) is 20.7. The summed E-state index contributed by atoms with van der Waals surface area (Å²) in [6.45, 7) is 1.85. The Morgan fingerprint density at radius 1 is 0.912 bits per heavy atom. The highest BCUT2D eigenvalue weighted by molar-refractivity contribution is 6.51. The van der Waals surface area contributed by atoms with Crippen LogP contribution in [0.25, 0.3) is 5.76 Å². The molecule has 0 aliphatic carbocycles. The minimum absolute atomic E-state index is 0.0483. The number of nitrogens with zero attached hydrogens (tertiary/aromatic N) is 1. The van der Waals surface area contributed by atoms with E-state index >= 15 is 0 Å². The summed E-state index contributed by atoms with van der Waals surface area (Å²) in [5.74, 6) is -2.85. The number of rotatable bonds is 4. The largest absolute Gasteiger partial charge is 0.573 e. The van der Waals surface area contributed by atoms with E-state index in [4.69, 9.17) is 0 Å². The summed E-state index contributed by atoms with van der Waals surface area (Å²) >= 11 is 0. The number of Topliss-reactive ketones (excluding diaryl/α,β-unsaturated/α-hetero) is 1. The molecule has 4 rings (SSSR count). The van der Waals surface area contributed by atoms with E-state index in [1.165, 1.54) is 36.4 Å². The topological polar surface area (TPSA) is 87.1 Å². The normalized spacial score (nSPS) is 17.8. The third-order valence-electron chi connectivity index (χ3n) is 5.33. The molecule has 1 aliphatic heterocycles. The molecule has 174 valence electrons. The molecule has 1 amide bonds. The van der Waals surface area contributed by atoms with Crippen LogP contribution >= 0.6 is 0 Å². The van der Waals surface area contributed by atoms with Gasteiger partial charge in [-0.1, -0.05) is 42.0 Å². The van der Waals surface area contributed by atoms with Crippen molar-refractivity contribution in [3.63, 3.8) is 0 Å². The van der Waals surface area contributed by atoms with Gasteiger partial charge in [0.25, 0.3) is 11.7 Å². The van der Waals surface area contributed by atoms with Crippen molar-refractivity contribution in [2.75, 3.05) is 4.90 Å². The molecular weight excluding hydrogens is 451 g/mol. The van der Waals surface area contributed by atoms with Crippen LogP contribution in [-0.4, -0.2) is 28.3 Å². The predicted molar refractivity (Wildman–Crippen MR) is 117 cm³/mol. The molecule has 3 aromatic carbocycles. The Labute approximate surface area is 192 Å². The van der Waals surface area contributed by atoms with E-state index < -0.39 is 35.6 Å². The molecule has 1 aliphatic rings. The lowest BCUT2D eigenvalue weighted by atomic mass is 9.95. The van der Waals surface area contributed by atoms with Crippen molar-refractivity contribution in [3.8, 4) is 11.5 Å². The molecule has 1 heterocycles. The standard InChI is InChI=1S/C25H18F3NO5/c1-14-2-4-16(5-3-14)22(31)20-21(15-6-10-18(30)11-7-15)29(24(33)23(20)32)17-8-12-19(13-9-17)34-25(26,27)28/h2-13,21,30-31H,1H3/b22-20+. The van der Waals surface area contributed by atoms with Crippen LogP contribution in [0.2, 0.25) is 0 Å². The van der Waals surface area contributed by atoms with Gasteiger partial charge in [-0.15, -0.1) is 13.2 Å². The second-order valence-corrected chi connectivity index (χ2v) is 7.67. The van der Waals surface area contributed by atoms with E-state index in [-0.39, 0.29) is 17.0 Å². The van der Waals surface area contributed by atoms with Crippen molar-refractivity contribution >= 4 is 23.1 Å². The fourth-order valence-electron chi connectivity index (χ4n) is 3.75. The zero-order chi connectivity index (χ0) is 24.6. The van der Waals surface area contributed by atoms with Gasteiger partial charge < -0.3 is 14.9 Å². The lowest BCUT2D eigenvalue weighted by molar-refractivity contribution is -0.274. The van der Waals surface area contributed by atoms with Crippen molar-refractivity contribution in [3.05, 3.63) is 95.1 Å². The van der Waals surface area contributed by atoms with E-state index in [2.05, 4.69) is 4.74 Å². The van der Waals surface area contributed by atoms with Crippen LogP contribution in [-0.2, 0) is 9.59 Å². The number of ether oxygens (including phenoxy) is 1. The molecule has 0 spiro atoms. The minimum atomic E-state index is -4.88. The van der Waals surface area contributed by atoms with Crippen LogP contribution in [0.15, 0.2) is 78.4 Å². The molecule has 34 heavy (non-hydrogen) atoms. The SMILES string of the molecule is Cc1ccc(/C(O)=C2\C(=O)C(=O)N(c3ccc(OC(F)(F)F)cc3)C2c2ccc(O)cc2)cc1. The van der Waals surface area contributed by atoms with Gasteiger partial charge in [-0.2, -0.15) is 0 Å². The number of hydrogen-bond acceptors (Lipinski definition) is 5. The number of aliphatic hydroxyl groups is 1. The fourth-order valence-corrected chi connectivity index (χ4v) is 3.75. The quantitative estimate of drug-likeness (QED) is 0.311. The van der Waals surface area contributed by atoms with Gasteiger partial charge in [0.15, 0.2) is 0 Å². The summed E-state index contributed by atoms with van der Waals surface area (Å²) in [5.41, 5.74) is 1.59. The van der Waals surface area contributed by atoms with Gasteiger partial charge in [0.1, 0.15) is 17.3 Å². The first-order valence-corrected chi connectivity index (χ1v) is 10.1. The lowest BCUT2D eigenvalue weighted by Gasteiger charge is -2.25. The Kier molecular flexibility index (Phi) is 5.78. The first kappa shape index (κ1) is 22.9. The molecule has 2 N–H and O–H groups in total. The van der Waals surface area contributed by atoms with Crippen LogP contribution in [0.5, 0.6) is 11.5 Å². The van der Waals surface area contributed by atoms with Crippen LogP contribution < -0.4 is 9.64 Å². The average Bonchev–Trinajstić information content (AvgIpc) is 3.04. The zero-order valence-electron chi connectivity index (χ0n) is 17.7. The number of hydrogen-bond donors (Lipinski definition) is 2. The number of carbonyl (C=O) groups excluding carboxylic acids is 2. The Morgan fingerprint density at radius 2 is 1.50 bits per heavy atom. The first-order chi connectivity index (χ1) is 16.0. The third kappa shape index (κ3) is 4.45. The van der Waals surface area contributed by atoms with Crippen LogP contribution in [0, 0.1) is 6.92 Å². The maximum Gasteiger partial charge on any atom is 0.573 e. The number of phenols is 1. The number of aromatic hydroxyl groups is 1. The molecule has 1 atom stereocenters. The molecule has 1 saturated heterocycles. The Hall–Kier alpha value is -4.27. The van der Waals surface area contributed by atoms with Gasteiger partial charge in [-0.3, -0.25) is 14.5 Å². The van der Waals surface area contributed by atoms with Gasteiger partial charge in [0.05, 0.1) is 11.6 Å². The van der Waals surface area contributed by atoms with E-state index in [0.717, 1.165) is 22.6 Å². The molecule has 9 heteroatoms. The van der Waals surface area contributed by atoms with Crippen LogP contribution in [0.1, 0.15) is 22.7 Å². The second kappa shape index (κ2) is 8.58. The van der Waals surface area contributed by atoms with Gasteiger partial charge in [0, 0.05) is 11.3 Å². The molecule has 0 bridgehead atoms. The summed E-state index contributed by atoms with van der Waals surface area (Å²) in [6.07, 6.45) is -4.88.